The minimum atomic E-state index is -3.73. The summed E-state index contributed by atoms with van der Waals surface area (Å²) in [7, 11) is -3.73. The molecule has 7 nitrogen and oxygen atoms in total. The van der Waals surface area contributed by atoms with Crippen molar-refractivity contribution in [2.24, 2.45) is 0 Å². The van der Waals surface area contributed by atoms with Crippen LogP contribution in [0, 0.1) is 20.8 Å². The van der Waals surface area contributed by atoms with E-state index in [9.17, 15) is 18.0 Å². The van der Waals surface area contributed by atoms with Crippen molar-refractivity contribution < 1.29 is 18.0 Å². The molecular formula is C25H35N3O4S. The number of sulfonamides is 1. The SMILES string of the molecule is Cc1ccc(CN(C(=O)CN(c2ccc(C)c(C)c2)S(C)(=O)=O)[C@@H](C)C(=O)NC(C)C)cc1. The highest BCUT2D eigenvalue weighted by atomic mass is 32.2. The lowest BCUT2D eigenvalue weighted by Crippen LogP contribution is -2.52. The fourth-order valence-electron chi connectivity index (χ4n) is 3.37. The van der Waals surface area contributed by atoms with E-state index in [-0.39, 0.29) is 18.5 Å². The number of rotatable bonds is 9. The van der Waals surface area contributed by atoms with Gasteiger partial charge in [-0.2, -0.15) is 0 Å². The van der Waals surface area contributed by atoms with Crippen LogP contribution in [0.15, 0.2) is 42.5 Å². The summed E-state index contributed by atoms with van der Waals surface area (Å²) in [4.78, 5) is 27.6. The second-order valence-corrected chi connectivity index (χ2v) is 10.8. The monoisotopic (exact) mass is 473 g/mol. The summed E-state index contributed by atoms with van der Waals surface area (Å²) in [6, 6.07) is 12.1. The van der Waals surface area contributed by atoms with E-state index in [1.54, 1.807) is 19.1 Å². The van der Waals surface area contributed by atoms with E-state index in [4.69, 9.17) is 0 Å². The van der Waals surface area contributed by atoms with E-state index in [0.29, 0.717) is 5.69 Å². The first-order valence-corrected chi connectivity index (χ1v) is 12.8. The number of carbonyl (C=O) groups excluding carboxylic acids is 2. The Morgan fingerprint density at radius 1 is 0.939 bits per heavy atom. The fourth-order valence-corrected chi connectivity index (χ4v) is 4.21. The molecule has 0 radical (unpaired) electrons. The summed E-state index contributed by atoms with van der Waals surface area (Å²) in [5.74, 6) is -0.742. The molecule has 0 unspecified atom stereocenters. The molecule has 1 atom stereocenters. The van der Waals surface area contributed by atoms with E-state index < -0.39 is 28.5 Å². The quantitative estimate of drug-likeness (QED) is 0.605. The summed E-state index contributed by atoms with van der Waals surface area (Å²) in [6.07, 6.45) is 1.08. The first-order chi connectivity index (χ1) is 15.3. The van der Waals surface area contributed by atoms with Crippen molar-refractivity contribution in [3.05, 3.63) is 64.7 Å². The third-order valence-corrected chi connectivity index (χ3v) is 6.67. The van der Waals surface area contributed by atoms with E-state index in [1.807, 2.05) is 65.0 Å². The predicted molar refractivity (Wildman–Crippen MR) is 133 cm³/mol. The van der Waals surface area contributed by atoms with Crippen molar-refractivity contribution in [2.45, 2.75) is 60.2 Å². The van der Waals surface area contributed by atoms with Crippen LogP contribution < -0.4 is 9.62 Å². The Hall–Kier alpha value is -2.87. The van der Waals surface area contributed by atoms with Crippen LogP contribution in [0.3, 0.4) is 0 Å². The van der Waals surface area contributed by atoms with E-state index in [1.165, 1.54) is 4.90 Å². The maximum Gasteiger partial charge on any atom is 0.244 e. The van der Waals surface area contributed by atoms with Crippen LogP contribution >= 0.6 is 0 Å². The van der Waals surface area contributed by atoms with Crippen LogP contribution in [0.5, 0.6) is 0 Å². The van der Waals surface area contributed by atoms with E-state index in [0.717, 1.165) is 32.8 Å². The minimum Gasteiger partial charge on any atom is -0.352 e. The zero-order valence-corrected chi connectivity index (χ0v) is 21.4. The second kappa shape index (κ2) is 10.8. The van der Waals surface area contributed by atoms with Crippen LogP contribution in [0.25, 0.3) is 0 Å². The molecule has 2 aromatic carbocycles. The largest absolute Gasteiger partial charge is 0.352 e. The molecule has 2 amide bonds. The van der Waals surface area contributed by atoms with Gasteiger partial charge in [0.15, 0.2) is 0 Å². The molecule has 180 valence electrons. The van der Waals surface area contributed by atoms with Gasteiger partial charge in [0.2, 0.25) is 21.8 Å². The molecule has 0 saturated carbocycles. The number of anilines is 1. The number of benzene rings is 2. The van der Waals surface area contributed by atoms with Crippen molar-refractivity contribution in [1.82, 2.24) is 10.2 Å². The minimum absolute atomic E-state index is 0.0840. The molecule has 8 heteroatoms. The van der Waals surface area contributed by atoms with Gasteiger partial charge in [-0.15, -0.1) is 0 Å². The summed E-state index contributed by atoms with van der Waals surface area (Å²) in [5.41, 5.74) is 4.31. The van der Waals surface area contributed by atoms with Crippen molar-refractivity contribution in [2.75, 3.05) is 17.1 Å². The van der Waals surface area contributed by atoms with Crippen LogP contribution in [0.4, 0.5) is 5.69 Å². The highest BCUT2D eigenvalue weighted by molar-refractivity contribution is 7.92. The summed E-state index contributed by atoms with van der Waals surface area (Å²) >= 11 is 0. The van der Waals surface area contributed by atoms with Gasteiger partial charge in [-0.3, -0.25) is 13.9 Å². The molecule has 0 bridgehead atoms. The third-order valence-electron chi connectivity index (χ3n) is 5.53. The number of hydrogen-bond donors (Lipinski definition) is 1. The van der Waals surface area contributed by atoms with Gasteiger partial charge in [0.25, 0.3) is 0 Å². The highest BCUT2D eigenvalue weighted by Crippen LogP contribution is 2.22. The van der Waals surface area contributed by atoms with Gasteiger partial charge in [0.1, 0.15) is 12.6 Å². The Balaban J connectivity index is 2.40. The smallest absolute Gasteiger partial charge is 0.244 e. The number of carbonyl (C=O) groups is 2. The van der Waals surface area contributed by atoms with Crippen molar-refractivity contribution in [3.63, 3.8) is 0 Å². The number of nitrogens with one attached hydrogen (secondary N) is 1. The first-order valence-electron chi connectivity index (χ1n) is 11.0. The molecule has 1 N–H and O–H groups in total. The Kier molecular flexibility index (Phi) is 8.66. The second-order valence-electron chi connectivity index (χ2n) is 8.88. The lowest BCUT2D eigenvalue weighted by molar-refractivity contribution is -0.139. The third kappa shape index (κ3) is 7.32. The Morgan fingerprint density at radius 2 is 1.55 bits per heavy atom. The molecule has 0 fully saturated rings. The molecule has 0 aliphatic carbocycles. The summed E-state index contributed by atoms with van der Waals surface area (Å²) in [6.45, 7) is 11.0. The van der Waals surface area contributed by atoms with Crippen molar-refractivity contribution in [1.29, 1.82) is 0 Å². The molecule has 0 spiro atoms. The van der Waals surface area contributed by atoms with Gasteiger partial charge in [-0.05, 0) is 70.4 Å². The first kappa shape index (κ1) is 26.4. The van der Waals surface area contributed by atoms with E-state index in [2.05, 4.69) is 5.32 Å². The predicted octanol–water partition coefficient (Wildman–Crippen LogP) is 3.32. The maximum atomic E-state index is 13.5. The van der Waals surface area contributed by atoms with Gasteiger partial charge in [-0.1, -0.05) is 35.9 Å². The summed E-state index contributed by atoms with van der Waals surface area (Å²) < 4.78 is 26.3. The lowest BCUT2D eigenvalue weighted by atomic mass is 10.1. The molecule has 2 rings (SSSR count). The Bertz CT molecular complexity index is 1100. The van der Waals surface area contributed by atoms with Gasteiger partial charge in [-0.25, -0.2) is 8.42 Å². The van der Waals surface area contributed by atoms with Gasteiger partial charge >= 0.3 is 0 Å². The molecular weight excluding hydrogens is 438 g/mol. The molecule has 2 aromatic rings. The average Bonchev–Trinajstić information content (AvgIpc) is 2.71. The van der Waals surface area contributed by atoms with Crippen LogP contribution in [-0.2, 0) is 26.2 Å². The topological polar surface area (TPSA) is 86.8 Å². The maximum absolute atomic E-state index is 13.5. The standard InChI is InChI=1S/C25H35N3O4S/c1-17(2)26-25(30)21(6)27(15-22-11-8-18(3)9-12-22)24(29)16-28(33(7,31)32)23-13-10-19(4)20(5)14-23/h8-14,17,21H,15-16H2,1-7H3,(H,26,30)/t21-/m0/s1. The van der Waals surface area contributed by atoms with Crippen molar-refractivity contribution >= 4 is 27.5 Å². The van der Waals surface area contributed by atoms with Gasteiger partial charge in [0, 0.05) is 12.6 Å². The molecule has 0 aromatic heterocycles. The van der Waals surface area contributed by atoms with Gasteiger partial charge < -0.3 is 10.2 Å². The zero-order chi connectivity index (χ0) is 24.9. The molecule has 0 aliphatic rings. The van der Waals surface area contributed by atoms with Crippen LogP contribution in [0.1, 0.15) is 43.0 Å². The normalized spacial score (nSPS) is 12.4. The lowest BCUT2D eigenvalue weighted by Gasteiger charge is -2.32. The fraction of sp³-hybridized carbons (Fsp3) is 0.440. The number of amides is 2. The number of hydrogen-bond acceptors (Lipinski definition) is 4. The molecule has 0 saturated heterocycles. The van der Waals surface area contributed by atoms with Gasteiger partial charge in [0.05, 0.1) is 11.9 Å². The number of aryl methyl sites for hydroxylation is 3. The van der Waals surface area contributed by atoms with E-state index >= 15 is 0 Å². The molecule has 33 heavy (non-hydrogen) atoms. The Labute approximate surface area is 197 Å². The molecule has 0 heterocycles. The number of nitrogens with zero attached hydrogens (tertiary/aromatic N) is 2. The zero-order valence-electron chi connectivity index (χ0n) is 20.5. The summed E-state index contributed by atoms with van der Waals surface area (Å²) in [5, 5.41) is 2.84. The van der Waals surface area contributed by atoms with Crippen LogP contribution in [0.2, 0.25) is 0 Å². The van der Waals surface area contributed by atoms with Crippen LogP contribution in [-0.4, -0.2) is 50.0 Å². The highest BCUT2D eigenvalue weighted by Gasteiger charge is 2.30. The average molecular weight is 474 g/mol. The molecule has 0 aliphatic heterocycles. The Morgan fingerprint density at radius 3 is 2.06 bits per heavy atom. The van der Waals surface area contributed by atoms with Crippen molar-refractivity contribution in [3.8, 4) is 0 Å².